The van der Waals surface area contributed by atoms with Gasteiger partial charge in [-0.05, 0) is 32.5 Å². The average molecular weight is 262 g/mol. The fourth-order valence-electron chi connectivity index (χ4n) is 1.80. The van der Waals surface area contributed by atoms with Crippen LogP contribution in [0.2, 0.25) is 0 Å². The van der Waals surface area contributed by atoms with Crippen LogP contribution in [0.25, 0.3) is 0 Å². The number of ether oxygens (including phenoxy) is 1. The van der Waals surface area contributed by atoms with Gasteiger partial charge in [0, 0.05) is 24.4 Å². The minimum Gasteiger partial charge on any atom is -0.466 e. The van der Waals surface area contributed by atoms with Crippen molar-refractivity contribution >= 4 is 5.97 Å². The van der Waals surface area contributed by atoms with Crippen LogP contribution in [-0.4, -0.2) is 36.6 Å². The number of aryl methyl sites for hydroxylation is 1. The number of hydrogen-bond donors (Lipinski definition) is 0. The van der Waals surface area contributed by atoms with E-state index in [2.05, 4.69) is 9.88 Å². The highest BCUT2D eigenvalue weighted by atomic mass is 16.5. The van der Waals surface area contributed by atoms with Crippen LogP contribution in [0.15, 0.2) is 29.8 Å². The first kappa shape index (κ1) is 15.4. The Morgan fingerprint density at radius 1 is 1.47 bits per heavy atom. The number of likely N-dealkylation sites (N-methyl/N-ethyl adjacent to an activating group) is 1. The number of pyridine rings is 1. The van der Waals surface area contributed by atoms with E-state index in [4.69, 9.17) is 4.74 Å². The molecule has 0 saturated carbocycles. The summed E-state index contributed by atoms with van der Waals surface area (Å²) in [5.41, 5.74) is 2.77. The summed E-state index contributed by atoms with van der Waals surface area (Å²) in [6, 6.07) is 6.00. The molecule has 1 heterocycles. The third-order valence-electron chi connectivity index (χ3n) is 2.86. The standard InChI is InChI=1S/C15H22N2O2/c1-5-13(15(18)19-4)9-10-17(3)11-14-8-6-7-12(2)16-14/h6-9H,5,10-11H2,1-4H3/b13-9+. The predicted octanol–water partition coefficient (Wildman–Crippen LogP) is 2.33. The Hall–Kier alpha value is -1.68. The Labute approximate surface area is 115 Å². The molecule has 0 aromatic carbocycles. The maximum absolute atomic E-state index is 11.4. The Kier molecular flexibility index (Phi) is 6.22. The van der Waals surface area contributed by atoms with Crippen LogP contribution < -0.4 is 0 Å². The number of carbonyl (C=O) groups is 1. The van der Waals surface area contributed by atoms with Gasteiger partial charge in [0.15, 0.2) is 0 Å². The van der Waals surface area contributed by atoms with E-state index in [1.165, 1.54) is 7.11 Å². The Balaban J connectivity index is 2.57. The number of esters is 1. The summed E-state index contributed by atoms with van der Waals surface area (Å²) in [6.07, 6.45) is 2.60. The zero-order chi connectivity index (χ0) is 14.3. The van der Waals surface area contributed by atoms with Crippen LogP contribution in [0.3, 0.4) is 0 Å². The van der Waals surface area contributed by atoms with Gasteiger partial charge in [0.1, 0.15) is 0 Å². The Morgan fingerprint density at radius 2 is 2.21 bits per heavy atom. The van der Waals surface area contributed by atoms with Gasteiger partial charge < -0.3 is 4.74 Å². The lowest BCUT2D eigenvalue weighted by molar-refractivity contribution is -0.136. The molecule has 0 saturated heterocycles. The zero-order valence-electron chi connectivity index (χ0n) is 12.1. The minimum atomic E-state index is -0.246. The summed E-state index contributed by atoms with van der Waals surface area (Å²) in [5.74, 6) is -0.246. The van der Waals surface area contributed by atoms with Crippen LogP contribution in [0.1, 0.15) is 24.7 Å². The molecule has 0 aliphatic rings. The first-order chi connectivity index (χ1) is 9.06. The summed E-state index contributed by atoms with van der Waals surface area (Å²) in [4.78, 5) is 18.0. The van der Waals surface area contributed by atoms with Crippen molar-refractivity contribution < 1.29 is 9.53 Å². The van der Waals surface area contributed by atoms with Gasteiger partial charge in [-0.1, -0.05) is 19.1 Å². The van der Waals surface area contributed by atoms with Crippen molar-refractivity contribution in [2.45, 2.75) is 26.8 Å². The maximum Gasteiger partial charge on any atom is 0.333 e. The van der Waals surface area contributed by atoms with Crippen LogP contribution in [0, 0.1) is 6.92 Å². The molecule has 0 unspecified atom stereocenters. The lowest BCUT2D eigenvalue weighted by atomic mass is 10.2. The summed E-state index contributed by atoms with van der Waals surface area (Å²) in [6.45, 7) is 5.39. The largest absolute Gasteiger partial charge is 0.466 e. The quantitative estimate of drug-likeness (QED) is 0.583. The van der Waals surface area contributed by atoms with Crippen molar-refractivity contribution in [2.24, 2.45) is 0 Å². The first-order valence-corrected chi connectivity index (χ1v) is 6.45. The zero-order valence-corrected chi connectivity index (χ0v) is 12.1. The fraction of sp³-hybridized carbons (Fsp3) is 0.467. The third kappa shape index (κ3) is 5.22. The van der Waals surface area contributed by atoms with Crippen molar-refractivity contribution in [3.05, 3.63) is 41.2 Å². The predicted molar refractivity (Wildman–Crippen MR) is 75.7 cm³/mol. The number of aromatic nitrogens is 1. The van der Waals surface area contributed by atoms with Crippen molar-refractivity contribution in [3.63, 3.8) is 0 Å². The minimum absolute atomic E-state index is 0.246. The third-order valence-corrected chi connectivity index (χ3v) is 2.86. The topological polar surface area (TPSA) is 42.4 Å². The van der Waals surface area contributed by atoms with E-state index < -0.39 is 0 Å². The molecule has 104 valence electrons. The molecule has 0 aliphatic heterocycles. The van der Waals surface area contributed by atoms with Gasteiger partial charge in [-0.3, -0.25) is 9.88 Å². The molecule has 0 bridgehead atoms. The Bertz CT molecular complexity index is 455. The van der Waals surface area contributed by atoms with E-state index in [0.717, 1.165) is 17.9 Å². The van der Waals surface area contributed by atoms with Gasteiger partial charge in [0.25, 0.3) is 0 Å². The van der Waals surface area contributed by atoms with E-state index in [1.807, 2.05) is 45.2 Å². The van der Waals surface area contributed by atoms with Gasteiger partial charge in [-0.2, -0.15) is 0 Å². The summed E-state index contributed by atoms with van der Waals surface area (Å²) < 4.78 is 4.73. The van der Waals surface area contributed by atoms with Crippen molar-refractivity contribution in [2.75, 3.05) is 20.7 Å². The number of nitrogens with zero attached hydrogens (tertiary/aromatic N) is 2. The molecule has 4 nitrogen and oxygen atoms in total. The first-order valence-electron chi connectivity index (χ1n) is 6.45. The molecule has 19 heavy (non-hydrogen) atoms. The molecule has 0 N–H and O–H groups in total. The van der Waals surface area contributed by atoms with Crippen molar-refractivity contribution in [3.8, 4) is 0 Å². The monoisotopic (exact) mass is 262 g/mol. The summed E-state index contributed by atoms with van der Waals surface area (Å²) in [5, 5.41) is 0. The molecule has 0 spiro atoms. The number of rotatable bonds is 6. The van der Waals surface area contributed by atoms with Gasteiger partial charge in [-0.25, -0.2) is 4.79 Å². The van der Waals surface area contributed by atoms with Crippen LogP contribution in [0.5, 0.6) is 0 Å². The van der Waals surface area contributed by atoms with Gasteiger partial charge in [-0.15, -0.1) is 0 Å². The molecular weight excluding hydrogens is 240 g/mol. The number of hydrogen-bond acceptors (Lipinski definition) is 4. The molecular formula is C15H22N2O2. The van der Waals surface area contributed by atoms with E-state index >= 15 is 0 Å². The van der Waals surface area contributed by atoms with E-state index in [1.54, 1.807) is 0 Å². The second-order valence-electron chi connectivity index (χ2n) is 4.54. The second-order valence-corrected chi connectivity index (χ2v) is 4.54. The highest BCUT2D eigenvalue weighted by Gasteiger charge is 2.07. The van der Waals surface area contributed by atoms with Gasteiger partial charge in [0.2, 0.25) is 0 Å². The molecule has 0 amide bonds. The molecule has 1 aromatic rings. The molecule has 0 radical (unpaired) electrons. The smallest absolute Gasteiger partial charge is 0.333 e. The summed E-state index contributed by atoms with van der Waals surface area (Å²) in [7, 11) is 3.41. The van der Waals surface area contributed by atoms with Crippen LogP contribution in [-0.2, 0) is 16.1 Å². The summed E-state index contributed by atoms with van der Waals surface area (Å²) >= 11 is 0. The van der Waals surface area contributed by atoms with E-state index in [9.17, 15) is 4.79 Å². The van der Waals surface area contributed by atoms with E-state index in [0.29, 0.717) is 18.5 Å². The van der Waals surface area contributed by atoms with E-state index in [-0.39, 0.29) is 5.97 Å². The molecule has 1 rings (SSSR count). The molecule has 0 atom stereocenters. The van der Waals surface area contributed by atoms with Gasteiger partial charge in [0.05, 0.1) is 12.8 Å². The number of methoxy groups -OCH3 is 1. The second kappa shape index (κ2) is 7.69. The highest BCUT2D eigenvalue weighted by Crippen LogP contribution is 2.05. The Morgan fingerprint density at radius 3 is 2.79 bits per heavy atom. The number of carbonyl (C=O) groups excluding carboxylic acids is 1. The van der Waals surface area contributed by atoms with Crippen LogP contribution >= 0.6 is 0 Å². The van der Waals surface area contributed by atoms with Crippen LogP contribution in [0.4, 0.5) is 0 Å². The lowest BCUT2D eigenvalue weighted by Gasteiger charge is -2.14. The molecule has 0 fully saturated rings. The lowest BCUT2D eigenvalue weighted by Crippen LogP contribution is -2.19. The van der Waals surface area contributed by atoms with Crippen molar-refractivity contribution in [1.82, 2.24) is 9.88 Å². The SMILES string of the molecule is CC/C(=C\CN(C)Cc1cccc(C)n1)C(=O)OC. The fourth-order valence-corrected chi connectivity index (χ4v) is 1.80. The van der Waals surface area contributed by atoms with Gasteiger partial charge >= 0.3 is 5.97 Å². The van der Waals surface area contributed by atoms with Crippen molar-refractivity contribution in [1.29, 1.82) is 0 Å². The molecule has 1 aromatic heterocycles. The maximum atomic E-state index is 11.4. The normalized spacial score (nSPS) is 11.7. The average Bonchev–Trinajstić information content (AvgIpc) is 2.39. The molecule has 0 aliphatic carbocycles. The highest BCUT2D eigenvalue weighted by molar-refractivity contribution is 5.88. The molecule has 4 heteroatoms.